The van der Waals surface area contributed by atoms with Crippen molar-refractivity contribution in [2.45, 2.75) is 31.3 Å². The summed E-state index contributed by atoms with van der Waals surface area (Å²) in [6.07, 6.45) is 4.59. The number of rotatable bonds is 3. The summed E-state index contributed by atoms with van der Waals surface area (Å²) >= 11 is 0. The molecule has 0 bridgehead atoms. The monoisotopic (exact) mass is 230 g/mol. The highest BCUT2D eigenvalue weighted by molar-refractivity contribution is 5.28. The van der Waals surface area contributed by atoms with E-state index in [2.05, 4.69) is 24.3 Å². The molecule has 0 aromatic heterocycles. The first-order valence-electron chi connectivity index (χ1n) is 6.40. The SMILES string of the molecule is OC(C1=COCCC1)C1CC1c1ccccc1. The number of ether oxygens (including phenoxy) is 1. The smallest absolute Gasteiger partial charge is 0.0876 e. The highest BCUT2D eigenvalue weighted by Gasteiger charge is 2.44. The van der Waals surface area contributed by atoms with Crippen LogP contribution in [-0.2, 0) is 4.74 Å². The van der Waals surface area contributed by atoms with Gasteiger partial charge >= 0.3 is 0 Å². The lowest BCUT2D eigenvalue weighted by molar-refractivity contribution is 0.152. The molecular formula is C15H18O2. The maximum Gasteiger partial charge on any atom is 0.0876 e. The Bertz CT molecular complexity index is 410. The second-order valence-electron chi connectivity index (χ2n) is 5.03. The van der Waals surface area contributed by atoms with Crippen LogP contribution in [0, 0.1) is 5.92 Å². The van der Waals surface area contributed by atoms with E-state index in [1.807, 2.05) is 6.07 Å². The average Bonchev–Trinajstić information content (AvgIpc) is 3.20. The first kappa shape index (κ1) is 10.8. The predicted molar refractivity (Wildman–Crippen MR) is 66.6 cm³/mol. The summed E-state index contributed by atoms with van der Waals surface area (Å²) in [5, 5.41) is 10.3. The van der Waals surface area contributed by atoms with Crippen molar-refractivity contribution in [3.8, 4) is 0 Å². The van der Waals surface area contributed by atoms with Gasteiger partial charge in [-0.25, -0.2) is 0 Å². The highest BCUT2D eigenvalue weighted by atomic mass is 16.5. The number of hydrogen-bond donors (Lipinski definition) is 1. The topological polar surface area (TPSA) is 29.5 Å². The van der Waals surface area contributed by atoms with Crippen LogP contribution in [0.25, 0.3) is 0 Å². The predicted octanol–water partition coefficient (Wildman–Crippen LogP) is 2.85. The van der Waals surface area contributed by atoms with E-state index in [9.17, 15) is 5.11 Å². The van der Waals surface area contributed by atoms with Gasteiger partial charge in [0.1, 0.15) is 0 Å². The third-order valence-electron chi connectivity index (χ3n) is 3.82. The zero-order valence-corrected chi connectivity index (χ0v) is 9.88. The molecule has 1 saturated carbocycles. The lowest BCUT2D eigenvalue weighted by Crippen LogP contribution is -2.17. The highest BCUT2D eigenvalue weighted by Crippen LogP contribution is 2.51. The Kier molecular flexibility index (Phi) is 2.89. The minimum Gasteiger partial charge on any atom is -0.501 e. The Labute approximate surface area is 102 Å². The lowest BCUT2D eigenvalue weighted by atomic mass is 9.98. The van der Waals surface area contributed by atoms with E-state index in [-0.39, 0.29) is 6.10 Å². The van der Waals surface area contributed by atoms with Crippen molar-refractivity contribution in [3.05, 3.63) is 47.7 Å². The van der Waals surface area contributed by atoms with Gasteiger partial charge in [-0.3, -0.25) is 0 Å². The molecule has 17 heavy (non-hydrogen) atoms. The fraction of sp³-hybridized carbons (Fsp3) is 0.467. The van der Waals surface area contributed by atoms with Gasteiger partial charge < -0.3 is 9.84 Å². The van der Waals surface area contributed by atoms with Gasteiger partial charge in [-0.15, -0.1) is 0 Å². The summed E-state index contributed by atoms with van der Waals surface area (Å²) in [5.74, 6) is 0.930. The Morgan fingerprint density at radius 3 is 2.76 bits per heavy atom. The minimum absolute atomic E-state index is 0.305. The molecule has 2 nitrogen and oxygen atoms in total. The van der Waals surface area contributed by atoms with E-state index >= 15 is 0 Å². The Morgan fingerprint density at radius 1 is 1.24 bits per heavy atom. The lowest BCUT2D eigenvalue weighted by Gasteiger charge is -2.19. The Hall–Kier alpha value is -1.28. The van der Waals surface area contributed by atoms with Gasteiger partial charge in [0.15, 0.2) is 0 Å². The van der Waals surface area contributed by atoms with Crippen molar-refractivity contribution in [2.75, 3.05) is 6.61 Å². The quantitative estimate of drug-likeness (QED) is 0.865. The zero-order valence-electron chi connectivity index (χ0n) is 9.88. The van der Waals surface area contributed by atoms with Crippen LogP contribution in [0.3, 0.4) is 0 Å². The Morgan fingerprint density at radius 2 is 2.06 bits per heavy atom. The number of benzene rings is 1. The van der Waals surface area contributed by atoms with Crippen LogP contribution in [0.1, 0.15) is 30.7 Å². The molecule has 1 aromatic carbocycles. The standard InChI is InChI=1S/C15H18O2/c16-15(12-7-4-8-17-10-12)14-9-13(14)11-5-2-1-3-6-11/h1-3,5-6,10,13-16H,4,7-9H2. The minimum atomic E-state index is -0.305. The van der Waals surface area contributed by atoms with Crippen LogP contribution < -0.4 is 0 Å². The van der Waals surface area contributed by atoms with Gasteiger partial charge in [0.25, 0.3) is 0 Å². The van der Waals surface area contributed by atoms with Crippen molar-refractivity contribution in [3.63, 3.8) is 0 Å². The largest absolute Gasteiger partial charge is 0.501 e. The Balaban J connectivity index is 1.66. The maximum atomic E-state index is 10.3. The van der Waals surface area contributed by atoms with Crippen molar-refractivity contribution in [1.29, 1.82) is 0 Å². The third kappa shape index (κ3) is 2.22. The van der Waals surface area contributed by atoms with E-state index < -0.39 is 0 Å². The van der Waals surface area contributed by atoms with Gasteiger partial charge in [0.05, 0.1) is 19.0 Å². The van der Waals surface area contributed by atoms with Crippen molar-refractivity contribution in [2.24, 2.45) is 5.92 Å². The van der Waals surface area contributed by atoms with E-state index in [0.717, 1.165) is 31.4 Å². The van der Waals surface area contributed by atoms with E-state index in [1.165, 1.54) is 5.56 Å². The summed E-state index contributed by atoms with van der Waals surface area (Å²) in [5.41, 5.74) is 2.44. The molecule has 2 aliphatic rings. The van der Waals surface area contributed by atoms with Crippen LogP contribution in [0.2, 0.25) is 0 Å². The zero-order chi connectivity index (χ0) is 11.7. The second-order valence-corrected chi connectivity index (χ2v) is 5.03. The van der Waals surface area contributed by atoms with Gasteiger partial charge in [-0.05, 0) is 42.2 Å². The molecule has 0 amide bonds. The summed E-state index contributed by atoms with van der Waals surface area (Å²) in [7, 11) is 0. The maximum absolute atomic E-state index is 10.3. The molecule has 1 aromatic rings. The molecule has 3 rings (SSSR count). The molecule has 3 atom stereocenters. The summed E-state index contributed by atoms with van der Waals surface area (Å²) < 4.78 is 5.30. The normalized spacial score (nSPS) is 29.1. The number of aliphatic hydroxyl groups excluding tert-OH is 1. The fourth-order valence-electron chi connectivity index (χ4n) is 2.72. The fourth-order valence-corrected chi connectivity index (χ4v) is 2.72. The van der Waals surface area contributed by atoms with E-state index in [1.54, 1.807) is 6.26 Å². The molecular weight excluding hydrogens is 212 g/mol. The molecule has 0 spiro atoms. The molecule has 2 heteroatoms. The average molecular weight is 230 g/mol. The first-order valence-corrected chi connectivity index (χ1v) is 6.40. The molecule has 90 valence electrons. The van der Waals surface area contributed by atoms with Crippen LogP contribution >= 0.6 is 0 Å². The van der Waals surface area contributed by atoms with Crippen LogP contribution in [-0.4, -0.2) is 17.8 Å². The van der Waals surface area contributed by atoms with Crippen molar-refractivity contribution in [1.82, 2.24) is 0 Å². The van der Waals surface area contributed by atoms with E-state index in [0.29, 0.717) is 11.8 Å². The van der Waals surface area contributed by atoms with Crippen LogP contribution in [0.15, 0.2) is 42.2 Å². The molecule has 1 aliphatic heterocycles. The van der Waals surface area contributed by atoms with Crippen molar-refractivity contribution < 1.29 is 9.84 Å². The molecule has 1 aliphatic carbocycles. The van der Waals surface area contributed by atoms with Gasteiger partial charge in [0, 0.05) is 0 Å². The number of hydrogen-bond acceptors (Lipinski definition) is 2. The molecule has 0 radical (unpaired) electrons. The van der Waals surface area contributed by atoms with Gasteiger partial charge in [-0.2, -0.15) is 0 Å². The molecule has 3 unspecified atom stereocenters. The summed E-state index contributed by atoms with van der Waals surface area (Å²) in [6.45, 7) is 0.795. The van der Waals surface area contributed by atoms with E-state index in [4.69, 9.17) is 4.74 Å². The molecule has 0 saturated heterocycles. The number of aliphatic hydroxyl groups is 1. The molecule has 1 heterocycles. The van der Waals surface area contributed by atoms with Gasteiger partial charge in [-0.1, -0.05) is 30.3 Å². The summed E-state index contributed by atoms with van der Waals surface area (Å²) in [6, 6.07) is 10.5. The van der Waals surface area contributed by atoms with Crippen LogP contribution in [0.4, 0.5) is 0 Å². The molecule has 1 fully saturated rings. The van der Waals surface area contributed by atoms with Crippen LogP contribution in [0.5, 0.6) is 0 Å². The molecule has 1 N–H and O–H groups in total. The van der Waals surface area contributed by atoms with Gasteiger partial charge in [0.2, 0.25) is 0 Å². The summed E-state index contributed by atoms with van der Waals surface area (Å²) in [4.78, 5) is 0. The van der Waals surface area contributed by atoms with Crippen molar-refractivity contribution >= 4 is 0 Å². The second kappa shape index (κ2) is 4.53. The first-order chi connectivity index (χ1) is 8.36. The third-order valence-corrected chi connectivity index (χ3v) is 3.82.